The molecule has 0 radical (unpaired) electrons. The van der Waals surface area contributed by atoms with Gasteiger partial charge in [0, 0.05) is 48.0 Å². The lowest BCUT2D eigenvalue weighted by Gasteiger charge is -2.33. The molecule has 4 aromatic rings. The summed E-state index contributed by atoms with van der Waals surface area (Å²) in [4.78, 5) is 31.2. The van der Waals surface area contributed by atoms with Crippen LogP contribution in [0.3, 0.4) is 0 Å². The molecular formula is C23H17F4N7O2S. The third-order valence-electron chi connectivity index (χ3n) is 5.29. The van der Waals surface area contributed by atoms with Crippen LogP contribution in [0.5, 0.6) is 0 Å². The Morgan fingerprint density at radius 3 is 2.70 bits per heavy atom. The standard InChI is InChI=1S/C23H17F4N7O2S/c24-18-5-4-13(9-17(18)23(25,26)27)20-31-22(37-33-20)32-21(35)14-2-1-3-15(8-14)34(36-16-10-29-11-16)19-6-7-28-12-30-19/h1-9,12,16,29H,10-11H2,(H,31,32,33,35). The van der Waals surface area contributed by atoms with E-state index in [1.807, 2.05) is 0 Å². The largest absolute Gasteiger partial charge is 0.419 e. The summed E-state index contributed by atoms with van der Waals surface area (Å²) in [6.07, 6.45) is -1.99. The molecule has 1 amide bonds. The monoisotopic (exact) mass is 531 g/mol. The van der Waals surface area contributed by atoms with Gasteiger partial charge in [0.25, 0.3) is 5.91 Å². The van der Waals surface area contributed by atoms with Crippen LogP contribution in [0.2, 0.25) is 0 Å². The molecule has 9 nitrogen and oxygen atoms in total. The average Bonchev–Trinajstić information content (AvgIpc) is 3.32. The van der Waals surface area contributed by atoms with E-state index in [2.05, 4.69) is 30.0 Å². The number of alkyl halides is 3. The number of carbonyl (C=O) groups excluding carboxylic acids is 1. The van der Waals surface area contributed by atoms with Crippen LogP contribution in [0.1, 0.15) is 15.9 Å². The van der Waals surface area contributed by atoms with Crippen LogP contribution in [0, 0.1) is 5.82 Å². The van der Waals surface area contributed by atoms with Crippen LogP contribution in [0.15, 0.2) is 61.1 Å². The number of rotatable bonds is 7. The molecule has 2 aromatic carbocycles. The van der Waals surface area contributed by atoms with E-state index in [0.717, 1.165) is 17.6 Å². The highest BCUT2D eigenvalue weighted by molar-refractivity contribution is 7.10. The first kappa shape index (κ1) is 24.7. The smallest absolute Gasteiger partial charge is 0.311 e. The molecule has 37 heavy (non-hydrogen) atoms. The van der Waals surface area contributed by atoms with Gasteiger partial charge in [0.1, 0.15) is 18.2 Å². The van der Waals surface area contributed by atoms with Crippen molar-refractivity contribution in [1.82, 2.24) is 24.6 Å². The Morgan fingerprint density at radius 1 is 1.16 bits per heavy atom. The number of amides is 1. The normalized spacial score (nSPS) is 13.7. The number of halogens is 4. The van der Waals surface area contributed by atoms with Crippen molar-refractivity contribution in [3.63, 3.8) is 0 Å². The number of nitrogens with one attached hydrogen (secondary N) is 2. The van der Waals surface area contributed by atoms with Crippen molar-refractivity contribution < 1.29 is 27.2 Å². The van der Waals surface area contributed by atoms with E-state index in [9.17, 15) is 22.4 Å². The number of hydrogen-bond acceptors (Lipinski definition) is 9. The summed E-state index contributed by atoms with van der Waals surface area (Å²) in [5.74, 6) is -1.51. The maximum Gasteiger partial charge on any atom is 0.419 e. The lowest BCUT2D eigenvalue weighted by molar-refractivity contribution is -0.139. The summed E-state index contributed by atoms with van der Waals surface area (Å²) in [6, 6.07) is 10.7. The zero-order valence-corrected chi connectivity index (χ0v) is 19.6. The van der Waals surface area contributed by atoms with Crippen molar-refractivity contribution in [2.45, 2.75) is 12.3 Å². The topological polar surface area (TPSA) is 105 Å². The molecule has 0 aliphatic carbocycles. The molecule has 5 rings (SSSR count). The zero-order chi connectivity index (χ0) is 26.0. The first-order valence-electron chi connectivity index (χ1n) is 10.8. The quantitative estimate of drug-likeness (QED) is 0.266. The van der Waals surface area contributed by atoms with Crippen LogP contribution in [-0.4, -0.2) is 44.4 Å². The highest BCUT2D eigenvalue weighted by atomic mass is 32.1. The number of nitrogens with zero attached hydrogens (tertiary/aromatic N) is 5. The molecule has 3 heterocycles. The van der Waals surface area contributed by atoms with Gasteiger partial charge in [0.15, 0.2) is 11.6 Å². The lowest BCUT2D eigenvalue weighted by atomic mass is 10.1. The fourth-order valence-electron chi connectivity index (χ4n) is 3.35. The van der Waals surface area contributed by atoms with Crippen molar-refractivity contribution in [1.29, 1.82) is 0 Å². The van der Waals surface area contributed by atoms with Gasteiger partial charge >= 0.3 is 6.18 Å². The van der Waals surface area contributed by atoms with Crippen LogP contribution in [-0.2, 0) is 11.0 Å². The van der Waals surface area contributed by atoms with Gasteiger partial charge in [-0.05, 0) is 36.4 Å². The molecule has 14 heteroatoms. The average molecular weight is 531 g/mol. The number of benzene rings is 2. The lowest BCUT2D eigenvalue weighted by Crippen LogP contribution is -2.51. The van der Waals surface area contributed by atoms with Gasteiger partial charge in [-0.3, -0.25) is 14.9 Å². The molecule has 2 N–H and O–H groups in total. The second kappa shape index (κ2) is 10.2. The second-order valence-corrected chi connectivity index (χ2v) is 8.62. The van der Waals surface area contributed by atoms with Gasteiger partial charge in [-0.1, -0.05) is 6.07 Å². The van der Waals surface area contributed by atoms with E-state index in [4.69, 9.17) is 4.84 Å². The van der Waals surface area contributed by atoms with Crippen LogP contribution in [0.4, 0.5) is 34.2 Å². The van der Waals surface area contributed by atoms with Crippen molar-refractivity contribution in [2.24, 2.45) is 0 Å². The maximum atomic E-state index is 13.6. The molecule has 2 aromatic heterocycles. The summed E-state index contributed by atoms with van der Waals surface area (Å²) in [6.45, 7) is 1.33. The van der Waals surface area contributed by atoms with E-state index in [0.29, 0.717) is 36.7 Å². The Morgan fingerprint density at radius 2 is 2.00 bits per heavy atom. The molecule has 190 valence electrons. The predicted molar refractivity (Wildman–Crippen MR) is 127 cm³/mol. The van der Waals surface area contributed by atoms with E-state index < -0.39 is 23.5 Å². The SMILES string of the molecule is O=C(Nc1nc(-c2ccc(F)c(C(F)(F)F)c2)ns1)c1cccc(N(OC2CNC2)c2ccncn2)c1. The summed E-state index contributed by atoms with van der Waals surface area (Å²) in [7, 11) is 0. The van der Waals surface area contributed by atoms with Gasteiger partial charge in [-0.25, -0.2) is 19.4 Å². The van der Waals surface area contributed by atoms with Gasteiger partial charge in [0.2, 0.25) is 5.13 Å². The molecule has 0 spiro atoms. The number of aromatic nitrogens is 4. The van der Waals surface area contributed by atoms with Crippen molar-refractivity contribution >= 4 is 34.1 Å². The van der Waals surface area contributed by atoms with Crippen LogP contribution in [0.25, 0.3) is 11.4 Å². The van der Waals surface area contributed by atoms with Crippen molar-refractivity contribution in [2.75, 3.05) is 23.5 Å². The maximum absolute atomic E-state index is 13.6. The van der Waals surface area contributed by atoms with E-state index in [1.165, 1.54) is 11.4 Å². The van der Waals surface area contributed by atoms with Crippen LogP contribution >= 0.6 is 11.5 Å². The highest BCUT2D eigenvalue weighted by Gasteiger charge is 2.34. The molecule has 0 unspecified atom stereocenters. The van der Waals surface area contributed by atoms with Crippen molar-refractivity contribution in [3.8, 4) is 11.4 Å². The fourth-order valence-corrected chi connectivity index (χ4v) is 3.94. The molecule has 0 bridgehead atoms. The molecule has 0 atom stereocenters. The Balaban J connectivity index is 1.35. The summed E-state index contributed by atoms with van der Waals surface area (Å²) in [5.41, 5.74) is -0.641. The molecule has 1 saturated heterocycles. The summed E-state index contributed by atoms with van der Waals surface area (Å²) < 4.78 is 56.7. The number of anilines is 3. The number of carbonyl (C=O) groups is 1. The van der Waals surface area contributed by atoms with Gasteiger partial charge in [-0.15, -0.1) is 0 Å². The molecule has 1 aliphatic heterocycles. The Labute approximate surface area is 211 Å². The Hall–Kier alpha value is -4.01. The van der Waals surface area contributed by atoms with E-state index in [-0.39, 0.29) is 28.2 Å². The minimum absolute atomic E-state index is 0.0319. The predicted octanol–water partition coefficient (Wildman–Crippen LogP) is 4.45. The van der Waals surface area contributed by atoms with E-state index in [1.54, 1.807) is 36.5 Å². The molecule has 1 aliphatic rings. The summed E-state index contributed by atoms with van der Waals surface area (Å²) in [5, 5.41) is 7.28. The highest BCUT2D eigenvalue weighted by Crippen LogP contribution is 2.34. The van der Waals surface area contributed by atoms with E-state index >= 15 is 0 Å². The third kappa shape index (κ3) is 5.55. The zero-order valence-electron chi connectivity index (χ0n) is 18.7. The Bertz CT molecular complexity index is 1410. The molecular weight excluding hydrogens is 514 g/mol. The third-order valence-corrected chi connectivity index (χ3v) is 5.92. The Kier molecular flexibility index (Phi) is 6.78. The molecule has 1 fully saturated rings. The second-order valence-electron chi connectivity index (χ2n) is 7.87. The van der Waals surface area contributed by atoms with Gasteiger partial charge < -0.3 is 5.32 Å². The first-order valence-corrected chi connectivity index (χ1v) is 11.6. The van der Waals surface area contributed by atoms with Crippen LogP contribution < -0.4 is 15.7 Å². The fraction of sp³-hybridized carbons (Fsp3) is 0.174. The number of hydrogen-bond donors (Lipinski definition) is 2. The minimum atomic E-state index is -4.86. The molecule has 0 saturated carbocycles. The first-order chi connectivity index (χ1) is 17.8. The van der Waals surface area contributed by atoms with Crippen molar-refractivity contribution in [3.05, 3.63) is 78.0 Å². The van der Waals surface area contributed by atoms with Gasteiger partial charge in [-0.2, -0.15) is 22.5 Å². The van der Waals surface area contributed by atoms with Gasteiger partial charge in [0.05, 0.1) is 11.3 Å². The minimum Gasteiger partial charge on any atom is -0.311 e. The summed E-state index contributed by atoms with van der Waals surface area (Å²) >= 11 is 0.784.